The SMILES string of the molecule is CSCC(C)NC1CCC2(CC1)OCCO2. The maximum absolute atomic E-state index is 5.73. The van der Waals surface area contributed by atoms with E-state index < -0.39 is 0 Å². The van der Waals surface area contributed by atoms with E-state index in [1.165, 1.54) is 18.6 Å². The first-order valence-corrected chi connectivity index (χ1v) is 7.66. The van der Waals surface area contributed by atoms with Crippen LogP contribution in [-0.4, -0.2) is 43.1 Å². The molecule has 0 aromatic heterocycles. The molecular weight excluding hydrogens is 222 g/mol. The van der Waals surface area contributed by atoms with Crippen molar-refractivity contribution in [2.24, 2.45) is 0 Å². The van der Waals surface area contributed by atoms with E-state index in [0.29, 0.717) is 12.1 Å². The van der Waals surface area contributed by atoms with E-state index in [1.54, 1.807) is 0 Å². The second kappa shape index (κ2) is 5.71. The summed E-state index contributed by atoms with van der Waals surface area (Å²) in [4.78, 5) is 0. The van der Waals surface area contributed by atoms with Crippen LogP contribution in [0, 0.1) is 0 Å². The van der Waals surface area contributed by atoms with Crippen molar-refractivity contribution in [1.82, 2.24) is 5.32 Å². The highest BCUT2D eigenvalue weighted by molar-refractivity contribution is 7.98. The largest absolute Gasteiger partial charge is 0.348 e. The van der Waals surface area contributed by atoms with Crippen molar-refractivity contribution >= 4 is 11.8 Å². The number of nitrogens with one attached hydrogen (secondary N) is 1. The first kappa shape index (κ1) is 12.7. The second-order valence-corrected chi connectivity index (χ2v) is 5.82. The topological polar surface area (TPSA) is 30.5 Å². The lowest BCUT2D eigenvalue weighted by atomic mass is 9.90. The summed E-state index contributed by atoms with van der Waals surface area (Å²) in [7, 11) is 0. The van der Waals surface area contributed by atoms with Gasteiger partial charge in [-0.05, 0) is 26.0 Å². The minimum Gasteiger partial charge on any atom is -0.348 e. The van der Waals surface area contributed by atoms with Crippen LogP contribution in [-0.2, 0) is 9.47 Å². The maximum Gasteiger partial charge on any atom is 0.168 e. The zero-order chi connectivity index (χ0) is 11.4. The molecule has 3 nitrogen and oxygen atoms in total. The molecule has 1 N–H and O–H groups in total. The number of hydrogen-bond donors (Lipinski definition) is 1. The quantitative estimate of drug-likeness (QED) is 0.821. The van der Waals surface area contributed by atoms with Crippen LogP contribution in [0.1, 0.15) is 32.6 Å². The molecule has 2 fully saturated rings. The Bertz CT molecular complexity index is 209. The van der Waals surface area contributed by atoms with E-state index in [0.717, 1.165) is 26.1 Å². The fraction of sp³-hybridized carbons (Fsp3) is 1.00. The standard InChI is InChI=1S/C12H23NO2S/c1-10(9-16-2)13-11-3-5-12(6-4-11)14-7-8-15-12/h10-11,13H,3-9H2,1-2H3. The summed E-state index contributed by atoms with van der Waals surface area (Å²) in [5.74, 6) is 0.982. The molecule has 1 saturated heterocycles. The smallest absolute Gasteiger partial charge is 0.168 e. The average Bonchev–Trinajstić information content (AvgIpc) is 2.71. The summed E-state index contributed by atoms with van der Waals surface area (Å²) in [5, 5.41) is 3.69. The number of thioether (sulfide) groups is 1. The van der Waals surface area contributed by atoms with Gasteiger partial charge in [-0.25, -0.2) is 0 Å². The summed E-state index contributed by atoms with van der Waals surface area (Å²) in [6, 6.07) is 1.26. The molecule has 1 saturated carbocycles. The molecule has 4 heteroatoms. The molecule has 2 rings (SSSR count). The van der Waals surface area contributed by atoms with Crippen LogP contribution in [0.3, 0.4) is 0 Å². The van der Waals surface area contributed by atoms with Crippen LogP contribution < -0.4 is 5.32 Å². The normalized spacial score (nSPS) is 27.4. The van der Waals surface area contributed by atoms with Gasteiger partial charge in [0, 0.05) is 30.7 Å². The molecule has 0 aromatic rings. The Hall–Kier alpha value is 0.230. The molecule has 1 atom stereocenters. The monoisotopic (exact) mass is 245 g/mol. The van der Waals surface area contributed by atoms with E-state index in [1.807, 2.05) is 11.8 Å². The lowest BCUT2D eigenvalue weighted by molar-refractivity contribution is -0.179. The highest BCUT2D eigenvalue weighted by atomic mass is 32.2. The minimum atomic E-state index is -0.207. The molecule has 0 aromatic carbocycles. The fourth-order valence-electron chi connectivity index (χ4n) is 2.71. The third kappa shape index (κ3) is 3.13. The van der Waals surface area contributed by atoms with Crippen LogP contribution in [0.15, 0.2) is 0 Å². The van der Waals surface area contributed by atoms with Gasteiger partial charge < -0.3 is 14.8 Å². The highest BCUT2D eigenvalue weighted by Gasteiger charge is 2.40. The molecule has 1 heterocycles. The van der Waals surface area contributed by atoms with Crippen molar-refractivity contribution in [2.75, 3.05) is 25.2 Å². The molecule has 1 aliphatic heterocycles. The van der Waals surface area contributed by atoms with Crippen molar-refractivity contribution in [3.63, 3.8) is 0 Å². The lowest BCUT2D eigenvalue weighted by Gasteiger charge is -2.36. The van der Waals surface area contributed by atoms with Gasteiger partial charge in [0.15, 0.2) is 5.79 Å². The van der Waals surface area contributed by atoms with Crippen LogP contribution in [0.25, 0.3) is 0 Å². The maximum atomic E-state index is 5.73. The third-order valence-electron chi connectivity index (χ3n) is 3.50. The van der Waals surface area contributed by atoms with E-state index in [9.17, 15) is 0 Å². The zero-order valence-corrected chi connectivity index (χ0v) is 11.1. The first-order valence-electron chi connectivity index (χ1n) is 6.27. The Morgan fingerprint density at radius 3 is 2.50 bits per heavy atom. The predicted octanol–water partition coefficient (Wildman–Crippen LogP) is 2.01. The summed E-state index contributed by atoms with van der Waals surface area (Å²) in [5.41, 5.74) is 0. The zero-order valence-electron chi connectivity index (χ0n) is 10.3. The Kier molecular flexibility index (Phi) is 4.53. The van der Waals surface area contributed by atoms with E-state index in [-0.39, 0.29) is 5.79 Å². The molecular formula is C12H23NO2S. The molecule has 1 unspecified atom stereocenters. The number of hydrogen-bond acceptors (Lipinski definition) is 4. The van der Waals surface area contributed by atoms with Crippen molar-refractivity contribution in [1.29, 1.82) is 0 Å². The second-order valence-electron chi connectivity index (χ2n) is 4.90. The van der Waals surface area contributed by atoms with Gasteiger partial charge in [0.2, 0.25) is 0 Å². The molecule has 94 valence electrons. The van der Waals surface area contributed by atoms with E-state index >= 15 is 0 Å². The van der Waals surface area contributed by atoms with Crippen LogP contribution in [0.4, 0.5) is 0 Å². The van der Waals surface area contributed by atoms with Gasteiger partial charge in [-0.2, -0.15) is 11.8 Å². The molecule has 1 aliphatic carbocycles. The Labute approximate surface area is 103 Å². The molecule has 16 heavy (non-hydrogen) atoms. The van der Waals surface area contributed by atoms with Crippen LogP contribution >= 0.6 is 11.8 Å². The third-order valence-corrected chi connectivity index (χ3v) is 4.33. The summed E-state index contributed by atoms with van der Waals surface area (Å²) >= 11 is 1.91. The Morgan fingerprint density at radius 2 is 1.94 bits per heavy atom. The van der Waals surface area contributed by atoms with Gasteiger partial charge in [-0.15, -0.1) is 0 Å². The summed E-state index contributed by atoms with van der Waals surface area (Å²) in [6.07, 6.45) is 6.62. The molecule has 2 aliphatic rings. The molecule has 1 spiro atoms. The number of ether oxygens (including phenoxy) is 2. The highest BCUT2D eigenvalue weighted by Crippen LogP contribution is 2.35. The van der Waals surface area contributed by atoms with Gasteiger partial charge in [0.25, 0.3) is 0 Å². The molecule has 0 radical (unpaired) electrons. The van der Waals surface area contributed by atoms with Crippen molar-refractivity contribution in [2.45, 2.75) is 50.5 Å². The fourth-order valence-corrected chi connectivity index (χ4v) is 3.31. The summed E-state index contributed by atoms with van der Waals surface area (Å²) in [6.45, 7) is 3.82. The van der Waals surface area contributed by atoms with E-state index in [2.05, 4.69) is 18.5 Å². The van der Waals surface area contributed by atoms with Crippen LogP contribution in [0.5, 0.6) is 0 Å². The summed E-state index contributed by atoms with van der Waals surface area (Å²) < 4.78 is 11.5. The van der Waals surface area contributed by atoms with Crippen molar-refractivity contribution in [3.05, 3.63) is 0 Å². The van der Waals surface area contributed by atoms with Gasteiger partial charge in [-0.1, -0.05) is 0 Å². The molecule has 0 bridgehead atoms. The molecule has 0 amide bonds. The van der Waals surface area contributed by atoms with Crippen LogP contribution in [0.2, 0.25) is 0 Å². The average molecular weight is 245 g/mol. The predicted molar refractivity (Wildman–Crippen MR) is 67.9 cm³/mol. The first-order chi connectivity index (χ1) is 7.74. The van der Waals surface area contributed by atoms with Crippen molar-refractivity contribution in [3.8, 4) is 0 Å². The van der Waals surface area contributed by atoms with E-state index in [4.69, 9.17) is 9.47 Å². The minimum absolute atomic E-state index is 0.207. The van der Waals surface area contributed by atoms with Gasteiger partial charge in [-0.3, -0.25) is 0 Å². The van der Waals surface area contributed by atoms with Gasteiger partial charge in [0.05, 0.1) is 13.2 Å². The van der Waals surface area contributed by atoms with Crippen molar-refractivity contribution < 1.29 is 9.47 Å². The van der Waals surface area contributed by atoms with Gasteiger partial charge in [0.1, 0.15) is 0 Å². The Morgan fingerprint density at radius 1 is 1.31 bits per heavy atom. The Balaban J connectivity index is 1.72. The number of rotatable bonds is 4. The van der Waals surface area contributed by atoms with Gasteiger partial charge >= 0.3 is 0 Å². The lowest BCUT2D eigenvalue weighted by Crippen LogP contribution is -2.45.